The van der Waals surface area contributed by atoms with Crippen LogP contribution in [0.5, 0.6) is 5.75 Å². The zero-order valence-electron chi connectivity index (χ0n) is 17.8. The number of carbonyl (C=O) groups is 1. The third kappa shape index (κ3) is 4.70. The van der Waals surface area contributed by atoms with Crippen LogP contribution in [0.25, 0.3) is 0 Å². The second kappa shape index (κ2) is 9.36. The number of piperazine rings is 1. The van der Waals surface area contributed by atoms with Crippen molar-refractivity contribution in [3.05, 3.63) is 89.7 Å². The van der Waals surface area contributed by atoms with Crippen molar-refractivity contribution in [2.45, 2.75) is 13.0 Å². The normalized spacial score (nSPS) is 15.7. The van der Waals surface area contributed by atoms with Crippen molar-refractivity contribution < 1.29 is 9.53 Å². The summed E-state index contributed by atoms with van der Waals surface area (Å²) in [6.45, 7) is 4.38. The Kier molecular flexibility index (Phi) is 6.18. The molecule has 5 nitrogen and oxygen atoms in total. The molecule has 1 aliphatic heterocycles. The fraction of sp³-hybridized carbons (Fsp3) is 0.231. The van der Waals surface area contributed by atoms with E-state index in [1.54, 1.807) is 19.4 Å². The Morgan fingerprint density at radius 1 is 1.03 bits per heavy atom. The quantitative estimate of drug-likeness (QED) is 0.615. The second-order valence-corrected chi connectivity index (χ2v) is 7.51. The van der Waals surface area contributed by atoms with Gasteiger partial charge in [-0.1, -0.05) is 30.2 Å². The first-order chi connectivity index (χ1) is 15.2. The minimum Gasteiger partial charge on any atom is -0.495 e. The van der Waals surface area contributed by atoms with Crippen LogP contribution in [0.4, 0.5) is 5.69 Å². The molecule has 0 N–H and O–H groups in total. The van der Waals surface area contributed by atoms with E-state index in [2.05, 4.69) is 40.8 Å². The molecular formula is C26H25N3O2. The van der Waals surface area contributed by atoms with Crippen LogP contribution in [0, 0.1) is 11.8 Å². The zero-order valence-corrected chi connectivity index (χ0v) is 17.8. The maximum absolute atomic E-state index is 13.3. The number of carbonyl (C=O) groups excluding carboxylic acids is 1. The Bertz CT molecular complexity index is 1100. The van der Waals surface area contributed by atoms with Gasteiger partial charge >= 0.3 is 0 Å². The van der Waals surface area contributed by atoms with E-state index in [1.165, 1.54) is 5.69 Å². The van der Waals surface area contributed by atoms with E-state index in [0.717, 1.165) is 13.1 Å². The van der Waals surface area contributed by atoms with Crippen LogP contribution in [0.3, 0.4) is 0 Å². The van der Waals surface area contributed by atoms with Crippen molar-refractivity contribution >= 4 is 11.6 Å². The van der Waals surface area contributed by atoms with Gasteiger partial charge < -0.3 is 14.5 Å². The lowest BCUT2D eigenvalue weighted by Gasteiger charge is -2.41. The van der Waals surface area contributed by atoms with Crippen molar-refractivity contribution in [2.75, 3.05) is 31.6 Å². The minimum atomic E-state index is 0.0174. The molecule has 0 radical (unpaired) electrons. The van der Waals surface area contributed by atoms with Crippen LogP contribution in [0.2, 0.25) is 0 Å². The molecule has 156 valence electrons. The molecule has 0 saturated carbocycles. The van der Waals surface area contributed by atoms with Crippen LogP contribution >= 0.6 is 0 Å². The van der Waals surface area contributed by atoms with Gasteiger partial charge in [-0.15, -0.1) is 0 Å². The van der Waals surface area contributed by atoms with E-state index < -0.39 is 0 Å². The molecule has 1 aromatic heterocycles. The molecule has 0 bridgehead atoms. The highest BCUT2D eigenvalue weighted by Gasteiger charge is 2.28. The topological polar surface area (TPSA) is 45.7 Å². The maximum Gasteiger partial charge on any atom is 0.254 e. The van der Waals surface area contributed by atoms with Gasteiger partial charge in [0.05, 0.1) is 12.7 Å². The van der Waals surface area contributed by atoms with E-state index in [1.807, 2.05) is 53.4 Å². The van der Waals surface area contributed by atoms with Crippen LogP contribution in [-0.4, -0.2) is 48.6 Å². The molecule has 3 aromatic rings. The van der Waals surface area contributed by atoms with Gasteiger partial charge in [0.25, 0.3) is 5.91 Å². The molecule has 1 unspecified atom stereocenters. The summed E-state index contributed by atoms with van der Waals surface area (Å²) in [5.41, 5.74) is 3.16. The van der Waals surface area contributed by atoms with E-state index in [4.69, 9.17) is 4.74 Å². The van der Waals surface area contributed by atoms with Gasteiger partial charge in [-0.3, -0.25) is 4.79 Å². The summed E-state index contributed by atoms with van der Waals surface area (Å²) in [4.78, 5) is 21.8. The highest BCUT2D eigenvalue weighted by Crippen LogP contribution is 2.23. The molecule has 4 rings (SSSR count). The summed E-state index contributed by atoms with van der Waals surface area (Å²) in [7, 11) is 1.60. The Hall–Kier alpha value is -3.78. The first-order valence-corrected chi connectivity index (χ1v) is 10.4. The lowest BCUT2D eigenvalue weighted by Crippen LogP contribution is -2.54. The number of benzene rings is 2. The van der Waals surface area contributed by atoms with Gasteiger partial charge in [-0.25, -0.2) is 4.98 Å². The van der Waals surface area contributed by atoms with Crippen molar-refractivity contribution in [1.29, 1.82) is 0 Å². The molecular weight excluding hydrogens is 386 g/mol. The fourth-order valence-corrected chi connectivity index (χ4v) is 3.81. The van der Waals surface area contributed by atoms with Gasteiger partial charge in [0, 0.05) is 43.1 Å². The monoisotopic (exact) mass is 411 g/mol. The van der Waals surface area contributed by atoms with Crippen molar-refractivity contribution in [3.63, 3.8) is 0 Å². The highest BCUT2D eigenvalue weighted by atomic mass is 16.5. The van der Waals surface area contributed by atoms with E-state index in [9.17, 15) is 4.79 Å². The average Bonchev–Trinajstić information content (AvgIpc) is 2.83. The Labute approximate surface area is 183 Å². The molecule has 2 heterocycles. The number of nitrogens with zero attached hydrogens (tertiary/aromatic N) is 3. The summed E-state index contributed by atoms with van der Waals surface area (Å²) in [5, 5.41) is 0. The van der Waals surface area contributed by atoms with Crippen molar-refractivity contribution in [3.8, 4) is 17.6 Å². The molecule has 0 spiro atoms. The molecule has 1 saturated heterocycles. The van der Waals surface area contributed by atoms with Crippen LogP contribution in [0.15, 0.2) is 72.9 Å². The number of aromatic nitrogens is 1. The molecule has 1 amide bonds. The van der Waals surface area contributed by atoms with E-state index >= 15 is 0 Å². The number of ether oxygens (including phenoxy) is 1. The highest BCUT2D eigenvalue weighted by molar-refractivity contribution is 5.95. The molecule has 31 heavy (non-hydrogen) atoms. The smallest absolute Gasteiger partial charge is 0.254 e. The SMILES string of the molecule is COc1ccc(C(=O)N2CCN(c3ccccc3)CC2C)cc1C#Cc1ccccn1. The summed E-state index contributed by atoms with van der Waals surface area (Å²) in [5.74, 6) is 6.80. The van der Waals surface area contributed by atoms with Gasteiger partial charge in [0.15, 0.2) is 0 Å². The number of methoxy groups -OCH3 is 1. The number of pyridine rings is 1. The molecule has 1 aliphatic rings. The number of anilines is 1. The first-order valence-electron chi connectivity index (χ1n) is 10.4. The fourth-order valence-electron chi connectivity index (χ4n) is 3.81. The summed E-state index contributed by atoms with van der Waals surface area (Å²) < 4.78 is 5.44. The lowest BCUT2D eigenvalue weighted by molar-refractivity contribution is 0.0674. The number of para-hydroxylation sites is 1. The maximum atomic E-state index is 13.3. The number of hydrogen-bond acceptors (Lipinski definition) is 4. The summed E-state index contributed by atoms with van der Waals surface area (Å²) in [6, 6.07) is 21.5. The van der Waals surface area contributed by atoms with Crippen molar-refractivity contribution in [1.82, 2.24) is 9.88 Å². The van der Waals surface area contributed by atoms with Crippen LogP contribution < -0.4 is 9.64 Å². The molecule has 2 aromatic carbocycles. The van der Waals surface area contributed by atoms with E-state index in [0.29, 0.717) is 29.1 Å². The first kappa shape index (κ1) is 20.5. The van der Waals surface area contributed by atoms with Crippen LogP contribution in [-0.2, 0) is 0 Å². The lowest BCUT2D eigenvalue weighted by atomic mass is 10.1. The predicted molar refractivity (Wildman–Crippen MR) is 122 cm³/mol. The third-order valence-electron chi connectivity index (χ3n) is 5.45. The van der Waals surface area contributed by atoms with Crippen LogP contribution in [0.1, 0.15) is 28.5 Å². The molecule has 5 heteroatoms. The summed E-state index contributed by atoms with van der Waals surface area (Å²) in [6.07, 6.45) is 1.71. The second-order valence-electron chi connectivity index (χ2n) is 7.51. The zero-order chi connectivity index (χ0) is 21.6. The van der Waals surface area contributed by atoms with E-state index in [-0.39, 0.29) is 11.9 Å². The minimum absolute atomic E-state index is 0.0174. The Balaban J connectivity index is 1.53. The Morgan fingerprint density at radius 2 is 1.84 bits per heavy atom. The molecule has 1 atom stereocenters. The Morgan fingerprint density at radius 3 is 2.55 bits per heavy atom. The van der Waals surface area contributed by atoms with Gasteiger partial charge in [-0.2, -0.15) is 0 Å². The number of rotatable bonds is 3. The largest absolute Gasteiger partial charge is 0.495 e. The van der Waals surface area contributed by atoms with Gasteiger partial charge in [0.2, 0.25) is 0 Å². The standard InChI is InChI=1S/C26H25N3O2/c1-20-19-28(24-9-4-3-5-10-24)16-17-29(20)26(30)22-12-14-25(31-2)21(18-22)11-13-23-8-6-7-15-27-23/h3-10,12,14-15,18,20H,16-17,19H2,1-2H3. The number of amides is 1. The van der Waals surface area contributed by atoms with Gasteiger partial charge in [-0.05, 0) is 55.3 Å². The molecule has 1 fully saturated rings. The predicted octanol–water partition coefficient (Wildman–Crippen LogP) is 3.84. The average molecular weight is 412 g/mol. The number of hydrogen-bond donors (Lipinski definition) is 0. The molecule has 0 aliphatic carbocycles. The summed E-state index contributed by atoms with van der Waals surface area (Å²) >= 11 is 0. The van der Waals surface area contributed by atoms with Gasteiger partial charge in [0.1, 0.15) is 11.4 Å². The third-order valence-corrected chi connectivity index (χ3v) is 5.45. The van der Waals surface area contributed by atoms with Crippen molar-refractivity contribution in [2.24, 2.45) is 0 Å².